The van der Waals surface area contributed by atoms with Crippen molar-refractivity contribution < 1.29 is 19.6 Å². The Kier molecular flexibility index (Phi) is 4.44. The Bertz CT molecular complexity index is 610. The van der Waals surface area contributed by atoms with E-state index in [-0.39, 0.29) is 24.6 Å². The first kappa shape index (κ1) is 15.9. The van der Waals surface area contributed by atoms with E-state index in [0.717, 1.165) is 6.42 Å². The molecule has 118 valence electrons. The van der Waals surface area contributed by atoms with Crippen molar-refractivity contribution in [1.29, 1.82) is 0 Å². The van der Waals surface area contributed by atoms with Crippen LogP contribution in [0.4, 0.5) is 5.69 Å². The van der Waals surface area contributed by atoms with Crippen molar-refractivity contribution in [3.05, 3.63) is 39.9 Å². The number of amides is 1. The fraction of sp³-hybridized carbons (Fsp3) is 0.467. The number of aliphatic carboxylic acids is 1. The molecule has 22 heavy (non-hydrogen) atoms. The highest BCUT2D eigenvalue weighted by Gasteiger charge is 2.46. The summed E-state index contributed by atoms with van der Waals surface area (Å²) in [6.45, 7) is 0.0890. The van der Waals surface area contributed by atoms with Crippen LogP contribution in [0.5, 0.6) is 0 Å². The summed E-state index contributed by atoms with van der Waals surface area (Å²) < 4.78 is 0. The third-order valence-electron chi connectivity index (χ3n) is 4.28. The molecule has 0 atom stereocenters. The number of carbonyl (C=O) groups is 2. The van der Waals surface area contributed by atoms with Crippen molar-refractivity contribution in [1.82, 2.24) is 4.90 Å². The van der Waals surface area contributed by atoms with Crippen LogP contribution >= 0.6 is 0 Å². The topological polar surface area (TPSA) is 101 Å². The van der Waals surface area contributed by atoms with E-state index in [2.05, 4.69) is 0 Å². The quantitative estimate of drug-likeness (QED) is 0.641. The van der Waals surface area contributed by atoms with Crippen LogP contribution < -0.4 is 0 Å². The molecule has 0 aliphatic heterocycles. The van der Waals surface area contributed by atoms with Gasteiger partial charge in [0.15, 0.2) is 0 Å². The van der Waals surface area contributed by atoms with Gasteiger partial charge in [0.05, 0.1) is 16.9 Å². The normalized spacial score (nSPS) is 15.7. The molecule has 1 saturated carbocycles. The van der Waals surface area contributed by atoms with Gasteiger partial charge < -0.3 is 10.0 Å². The lowest BCUT2D eigenvalue weighted by Gasteiger charge is -2.37. The Labute approximate surface area is 127 Å². The molecule has 1 aliphatic rings. The van der Waals surface area contributed by atoms with Crippen LogP contribution in [0.15, 0.2) is 24.3 Å². The molecule has 1 N–H and O–H groups in total. The van der Waals surface area contributed by atoms with Gasteiger partial charge in [-0.15, -0.1) is 0 Å². The minimum atomic E-state index is -0.950. The Morgan fingerprint density at radius 1 is 1.36 bits per heavy atom. The fourth-order valence-electron chi connectivity index (χ4n) is 2.66. The first-order chi connectivity index (χ1) is 10.4. The smallest absolute Gasteiger partial charge is 0.310 e. The van der Waals surface area contributed by atoms with Crippen LogP contribution in [0, 0.1) is 15.5 Å². The molecule has 0 bridgehead atoms. The summed E-state index contributed by atoms with van der Waals surface area (Å²) in [6.07, 6.45) is 1.77. The van der Waals surface area contributed by atoms with E-state index in [4.69, 9.17) is 0 Å². The Hall–Kier alpha value is -2.44. The van der Waals surface area contributed by atoms with Gasteiger partial charge in [0.2, 0.25) is 5.91 Å². The number of hydrogen-bond donors (Lipinski definition) is 1. The number of benzene rings is 1. The zero-order valence-corrected chi connectivity index (χ0v) is 12.3. The van der Waals surface area contributed by atoms with Crippen molar-refractivity contribution in [3.8, 4) is 0 Å². The molecule has 0 spiro atoms. The van der Waals surface area contributed by atoms with Crippen LogP contribution in [-0.4, -0.2) is 33.9 Å². The van der Waals surface area contributed by atoms with Crippen molar-refractivity contribution in [2.24, 2.45) is 5.41 Å². The maximum atomic E-state index is 12.2. The lowest BCUT2D eigenvalue weighted by Crippen LogP contribution is -2.42. The van der Waals surface area contributed by atoms with Crippen LogP contribution in [0.3, 0.4) is 0 Å². The molecular formula is C15H18N2O5. The van der Waals surface area contributed by atoms with Gasteiger partial charge in [-0.1, -0.05) is 24.6 Å². The number of nitro benzene ring substituents is 1. The van der Waals surface area contributed by atoms with E-state index in [0.29, 0.717) is 18.4 Å². The number of para-hydroxylation sites is 1. The molecule has 0 unspecified atom stereocenters. The summed E-state index contributed by atoms with van der Waals surface area (Å²) in [7, 11) is 1.53. The van der Waals surface area contributed by atoms with Crippen molar-refractivity contribution in [3.63, 3.8) is 0 Å². The number of hydrogen-bond acceptors (Lipinski definition) is 4. The van der Waals surface area contributed by atoms with Gasteiger partial charge in [0, 0.05) is 25.1 Å². The number of nitrogens with zero attached hydrogens (tertiary/aromatic N) is 2. The highest BCUT2D eigenvalue weighted by molar-refractivity contribution is 5.85. The Morgan fingerprint density at radius 2 is 2.00 bits per heavy atom. The van der Waals surface area contributed by atoms with E-state index < -0.39 is 16.3 Å². The largest absolute Gasteiger partial charge is 0.481 e. The highest BCUT2D eigenvalue weighted by atomic mass is 16.6. The van der Waals surface area contributed by atoms with Crippen molar-refractivity contribution in [2.45, 2.75) is 32.2 Å². The van der Waals surface area contributed by atoms with E-state index in [1.807, 2.05) is 0 Å². The molecule has 1 aliphatic carbocycles. The van der Waals surface area contributed by atoms with Gasteiger partial charge in [-0.25, -0.2) is 0 Å². The third-order valence-corrected chi connectivity index (χ3v) is 4.28. The summed E-state index contributed by atoms with van der Waals surface area (Å²) in [4.78, 5) is 35.4. The molecule has 7 nitrogen and oxygen atoms in total. The Balaban J connectivity index is 2.06. The van der Waals surface area contributed by atoms with Gasteiger partial charge in [-0.3, -0.25) is 19.7 Å². The molecule has 1 aromatic carbocycles. The summed E-state index contributed by atoms with van der Waals surface area (Å²) in [5.74, 6) is -1.24. The summed E-state index contributed by atoms with van der Waals surface area (Å²) in [5.41, 5.74) is -0.561. The Morgan fingerprint density at radius 3 is 2.50 bits per heavy atom. The van der Waals surface area contributed by atoms with E-state index in [1.54, 1.807) is 18.2 Å². The van der Waals surface area contributed by atoms with Crippen LogP contribution in [0.2, 0.25) is 0 Å². The molecule has 0 saturated heterocycles. The first-order valence-corrected chi connectivity index (χ1v) is 7.05. The average molecular weight is 306 g/mol. The molecular weight excluding hydrogens is 288 g/mol. The molecule has 1 amide bonds. The standard InChI is InChI=1S/C15H18N2O5/c1-16(10-11-5-2-3-6-12(11)17(21)22)13(18)9-15(14(19)20)7-4-8-15/h2-3,5-6H,4,7-10H2,1H3,(H,19,20). The van der Waals surface area contributed by atoms with Gasteiger partial charge >= 0.3 is 5.97 Å². The van der Waals surface area contributed by atoms with Crippen LogP contribution in [-0.2, 0) is 16.1 Å². The zero-order valence-electron chi connectivity index (χ0n) is 12.3. The number of carboxylic acid groups (broad SMARTS) is 1. The lowest BCUT2D eigenvalue weighted by atomic mass is 9.66. The molecule has 7 heteroatoms. The minimum absolute atomic E-state index is 0.0428. The van der Waals surface area contributed by atoms with Crippen LogP contribution in [0.25, 0.3) is 0 Å². The third kappa shape index (κ3) is 3.08. The molecule has 0 heterocycles. The number of carbonyl (C=O) groups excluding carboxylic acids is 1. The molecule has 1 aromatic rings. The summed E-state index contributed by atoms with van der Waals surface area (Å²) in [5, 5.41) is 20.2. The molecule has 2 rings (SSSR count). The van der Waals surface area contributed by atoms with Gasteiger partial charge in [-0.05, 0) is 12.8 Å². The zero-order chi connectivity index (χ0) is 16.3. The van der Waals surface area contributed by atoms with E-state index in [1.165, 1.54) is 18.0 Å². The average Bonchev–Trinajstić information content (AvgIpc) is 2.42. The predicted octanol–water partition coefficient (Wildman–Crippen LogP) is 2.20. The predicted molar refractivity (Wildman–Crippen MR) is 78.1 cm³/mol. The van der Waals surface area contributed by atoms with Crippen molar-refractivity contribution >= 4 is 17.6 Å². The second-order valence-electron chi connectivity index (χ2n) is 5.75. The van der Waals surface area contributed by atoms with Gasteiger partial charge in [0.1, 0.15) is 0 Å². The van der Waals surface area contributed by atoms with Crippen LogP contribution in [0.1, 0.15) is 31.2 Å². The summed E-state index contributed by atoms with van der Waals surface area (Å²) >= 11 is 0. The minimum Gasteiger partial charge on any atom is -0.481 e. The molecule has 0 radical (unpaired) electrons. The SMILES string of the molecule is CN(Cc1ccccc1[N+](=O)[O-])C(=O)CC1(C(=O)O)CCC1. The maximum absolute atomic E-state index is 12.2. The molecule has 0 aromatic heterocycles. The molecule has 1 fully saturated rings. The maximum Gasteiger partial charge on any atom is 0.310 e. The van der Waals surface area contributed by atoms with Gasteiger partial charge in [-0.2, -0.15) is 0 Å². The number of rotatable bonds is 6. The van der Waals surface area contributed by atoms with Gasteiger partial charge in [0.25, 0.3) is 5.69 Å². The summed E-state index contributed by atoms with van der Waals surface area (Å²) in [6, 6.07) is 6.22. The van der Waals surface area contributed by atoms with E-state index in [9.17, 15) is 24.8 Å². The second kappa shape index (κ2) is 6.13. The fourth-order valence-corrected chi connectivity index (χ4v) is 2.66. The van der Waals surface area contributed by atoms with E-state index >= 15 is 0 Å². The highest BCUT2D eigenvalue weighted by Crippen LogP contribution is 2.44. The number of carboxylic acids is 1. The first-order valence-electron chi connectivity index (χ1n) is 7.05. The second-order valence-corrected chi connectivity index (χ2v) is 5.75. The lowest BCUT2D eigenvalue weighted by molar-refractivity contribution is -0.385. The van der Waals surface area contributed by atoms with Crippen molar-refractivity contribution in [2.75, 3.05) is 7.05 Å². The monoisotopic (exact) mass is 306 g/mol. The number of nitro groups is 1.